The molecule has 1 amide bonds. The van der Waals surface area contributed by atoms with Crippen molar-refractivity contribution in [1.29, 1.82) is 0 Å². The smallest absolute Gasteiger partial charge is 0.254 e. The van der Waals surface area contributed by atoms with Gasteiger partial charge in [-0.3, -0.25) is 4.79 Å². The first kappa shape index (κ1) is 14.8. The van der Waals surface area contributed by atoms with Crippen molar-refractivity contribution in [2.75, 3.05) is 19.7 Å². The van der Waals surface area contributed by atoms with Crippen LogP contribution in [-0.4, -0.2) is 30.5 Å². The van der Waals surface area contributed by atoms with Crippen LogP contribution < -0.4 is 0 Å². The summed E-state index contributed by atoms with van der Waals surface area (Å²) in [5.74, 6) is 0.102. The average Bonchev–Trinajstić information content (AvgIpc) is 2.57. The second kappa shape index (κ2) is 6.32. The Labute approximate surface area is 131 Å². The summed E-state index contributed by atoms with van der Waals surface area (Å²) >= 11 is 0. The maximum Gasteiger partial charge on any atom is 0.254 e. The van der Waals surface area contributed by atoms with Gasteiger partial charge in [-0.25, -0.2) is 0 Å². The van der Waals surface area contributed by atoms with Gasteiger partial charge < -0.3 is 9.64 Å². The zero-order valence-electron chi connectivity index (χ0n) is 13.1. The number of aryl methyl sites for hydroxylation is 2. The van der Waals surface area contributed by atoms with Crippen LogP contribution in [0.4, 0.5) is 0 Å². The molecule has 3 heteroatoms. The second-order valence-corrected chi connectivity index (χ2v) is 5.84. The van der Waals surface area contributed by atoms with Crippen molar-refractivity contribution in [3.8, 4) is 0 Å². The Morgan fingerprint density at radius 3 is 2.68 bits per heavy atom. The van der Waals surface area contributed by atoms with Crippen LogP contribution in [0.2, 0.25) is 0 Å². The Kier molecular flexibility index (Phi) is 4.25. The van der Waals surface area contributed by atoms with Gasteiger partial charge in [-0.05, 0) is 31.0 Å². The highest BCUT2D eigenvalue weighted by molar-refractivity contribution is 5.96. The van der Waals surface area contributed by atoms with Crippen LogP contribution in [0.5, 0.6) is 0 Å². The van der Waals surface area contributed by atoms with Crippen molar-refractivity contribution >= 4 is 5.91 Å². The van der Waals surface area contributed by atoms with E-state index in [9.17, 15) is 4.79 Å². The number of carbonyl (C=O) groups is 1. The van der Waals surface area contributed by atoms with E-state index in [1.807, 2.05) is 55.1 Å². The number of nitrogens with zero attached hydrogens (tertiary/aromatic N) is 1. The summed E-state index contributed by atoms with van der Waals surface area (Å²) < 4.78 is 5.84. The molecule has 2 aromatic rings. The third-order valence-corrected chi connectivity index (χ3v) is 4.15. The molecule has 1 aliphatic rings. The van der Waals surface area contributed by atoms with Crippen LogP contribution in [-0.2, 0) is 4.74 Å². The molecule has 1 saturated heterocycles. The zero-order chi connectivity index (χ0) is 15.5. The second-order valence-electron chi connectivity index (χ2n) is 5.84. The highest BCUT2D eigenvalue weighted by Gasteiger charge is 2.26. The molecule has 3 rings (SSSR count). The quantitative estimate of drug-likeness (QED) is 0.848. The number of carbonyl (C=O) groups excluding carboxylic acids is 1. The summed E-state index contributed by atoms with van der Waals surface area (Å²) in [6.07, 6.45) is -0.0379. The molecular formula is C19H21NO2. The van der Waals surface area contributed by atoms with E-state index in [0.29, 0.717) is 19.7 Å². The molecule has 0 radical (unpaired) electrons. The Hall–Kier alpha value is -2.13. The zero-order valence-corrected chi connectivity index (χ0v) is 13.1. The van der Waals surface area contributed by atoms with E-state index in [-0.39, 0.29) is 12.0 Å². The molecule has 1 atom stereocenters. The molecule has 0 saturated carbocycles. The van der Waals surface area contributed by atoms with Gasteiger partial charge in [0.05, 0.1) is 13.2 Å². The lowest BCUT2D eigenvalue weighted by atomic mass is 10.0. The fourth-order valence-corrected chi connectivity index (χ4v) is 2.84. The number of morpholine rings is 1. The van der Waals surface area contributed by atoms with Gasteiger partial charge in [0, 0.05) is 12.1 Å². The summed E-state index contributed by atoms with van der Waals surface area (Å²) in [5, 5.41) is 0. The van der Waals surface area contributed by atoms with Gasteiger partial charge in [0.2, 0.25) is 0 Å². The molecule has 1 aliphatic heterocycles. The normalized spacial score (nSPS) is 18.3. The van der Waals surface area contributed by atoms with Crippen molar-refractivity contribution in [1.82, 2.24) is 4.90 Å². The molecule has 0 N–H and O–H groups in total. The van der Waals surface area contributed by atoms with E-state index in [2.05, 4.69) is 12.1 Å². The van der Waals surface area contributed by atoms with E-state index in [0.717, 1.165) is 22.3 Å². The van der Waals surface area contributed by atoms with E-state index in [1.165, 1.54) is 0 Å². The van der Waals surface area contributed by atoms with Crippen LogP contribution in [0.25, 0.3) is 0 Å². The van der Waals surface area contributed by atoms with Gasteiger partial charge in [-0.15, -0.1) is 0 Å². The molecule has 1 heterocycles. The number of amides is 1. The van der Waals surface area contributed by atoms with Crippen LogP contribution in [0.3, 0.4) is 0 Å². The van der Waals surface area contributed by atoms with Gasteiger partial charge in [0.25, 0.3) is 5.91 Å². The third-order valence-electron chi connectivity index (χ3n) is 4.15. The van der Waals surface area contributed by atoms with Crippen molar-refractivity contribution in [3.05, 3.63) is 70.8 Å². The minimum atomic E-state index is -0.0379. The molecule has 1 fully saturated rings. The number of hydrogen-bond donors (Lipinski definition) is 0. The molecule has 2 aromatic carbocycles. The standard InChI is InChI=1S/C19H21NO2/c1-14-8-9-15(2)17(12-14)19(21)20-10-11-22-18(13-20)16-6-4-3-5-7-16/h3-9,12,18H,10-11,13H2,1-2H3. The molecule has 0 aromatic heterocycles. The molecule has 1 unspecified atom stereocenters. The molecule has 0 aliphatic carbocycles. The number of benzene rings is 2. The summed E-state index contributed by atoms with van der Waals surface area (Å²) in [6.45, 7) is 5.84. The van der Waals surface area contributed by atoms with E-state index < -0.39 is 0 Å². The predicted octanol–water partition coefficient (Wildman–Crippen LogP) is 3.52. The van der Waals surface area contributed by atoms with Gasteiger partial charge in [0.15, 0.2) is 0 Å². The monoisotopic (exact) mass is 295 g/mol. The summed E-state index contributed by atoms with van der Waals surface area (Å²) in [4.78, 5) is 14.7. The topological polar surface area (TPSA) is 29.5 Å². The van der Waals surface area contributed by atoms with E-state index in [4.69, 9.17) is 4.74 Å². The van der Waals surface area contributed by atoms with E-state index >= 15 is 0 Å². The van der Waals surface area contributed by atoms with Crippen LogP contribution >= 0.6 is 0 Å². The summed E-state index contributed by atoms with van der Waals surface area (Å²) in [5.41, 5.74) is 4.06. The summed E-state index contributed by atoms with van der Waals surface area (Å²) in [7, 11) is 0. The maximum atomic E-state index is 12.8. The minimum absolute atomic E-state index is 0.0379. The Morgan fingerprint density at radius 2 is 1.91 bits per heavy atom. The van der Waals surface area contributed by atoms with Crippen molar-refractivity contribution < 1.29 is 9.53 Å². The Morgan fingerprint density at radius 1 is 1.14 bits per heavy atom. The largest absolute Gasteiger partial charge is 0.370 e. The van der Waals surface area contributed by atoms with Crippen molar-refractivity contribution in [2.24, 2.45) is 0 Å². The Balaban J connectivity index is 1.80. The lowest BCUT2D eigenvalue weighted by molar-refractivity contribution is -0.0228. The van der Waals surface area contributed by atoms with Gasteiger partial charge >= 0.3 is 0 Å². The summed E-state index contributed by atoms with van der Waals surface area (Å²) in [6, 6.07) is 16.1. The fraction of sp³-hybridized carbons (Fsp3) is 0.316. The van der Waals surface area contributed by atoms with Crippen molar-refractivity contribution in [3.63, 3.8) is 0 Å². The number of rotatable bonds is 2. The van der Waals surface area contributed by atoms with Crippen LogP contribution in [0.1, 0.15) is 33.2 Å². The van der Waals surface area contributed by atoms with Crippen LogP contribution in [0, 0.1) is 13.8 Å². The molecule has 22 heavy (non-hydrogen) atoms. The number of hydrogen-bond acceptors (Lipinski definition) is 2. The molecule has 114 valence electrons. The third kappa shape index (κ3) is 3.04. The van der Waals surface area contributed by atoms with Gasteiger partial charge in [0.1, 0.15) is 6.10 Å². The molecule has 0 bridgehead atoms. The van der Waals surface area contributed by atoms with Crippen LogP contribution in [0.15, 0.2) is 48.5 Å². The minimum Gasteiger partial charge on any atom is -0.370 e. The Bertz CT molecular complexity index is 666. The lowest BCUT2D eigenvalue weighted by Gasteiger charge is -2.33. The van der Waals surface area contributed by atoms with Gasteiger partial charge in [-0.1, -0.05) is 48.0 Å². The van der Waals surface area contributed by atoms with Crippen molar-refractivity contribution in [2.45, 2.75) is 20.0 Å². The first-order valence-electron chi connectivity index (χ1n) is 7.68. The lowest BCUT2D eigenvalue weighted by Crippen LogP contribution is -2.42. The fourth-order valence-electron chi connectivity index (χ4n) is 2.84. The first-order valence-corrected chi connectivity index (χ1v) is 7.68. The molecule has 0 spiro atoms. The molecule has 3 nitrogen and oxygen atoms in total. The van der Waals surface area contributed by atoms with Gasteiger partial charge in [-0.2, -0.15) is 0 Å². The predicted molar refractivity (Wildman–Crippen MR) is 87.0 cm³/mol. The van der Waals surface area contributed by atoms with E-state index in [1.54, 1.807) is 0 Å². The SMILES string of the molecule is Cc1ccc(C)c(C(=O)N2CCOC(c3ccccc3)C2)c1. The highest BCUT2D eigenvalue weighted by Crippen LogP contribution is 2.24. The maximum absolute atomic E-state index is 12.8. The molecular weight excluding hydrogens is 274 g/mol. The first-order chi connectivity index (χ1) is 10.6. The highest BCUT2D eigenvalue weighted by atomic mass is 16.5. The number of ether oxygens (including phenoxy) is 1. The average molecular weight is 295 g/mol.